The van der Waals surface area contributed by atoms with E-state index in [-0.39, 0.29) is 5.38 Å². The molecule has 0 amide bonds. The van der Waals surface area contributed by atoms with Crippen LogP contribution >= 0.6 is 11.6 Å². The molecule has 0 fully saturated rings. The van der Waals surface area contributed by atoms with Gasteiger partial charge in [-0.2, -0.15) is 0 Å². The zero-order valence-electron chi connectivity index (χ0n) is 9.91. The molecular weight excluding hydrogens is 218 g/mol. The first kappa shape index (κ1) is 11.7. The van der Waals surface area contributed by atoms with E-state index in [2.05, 4.69) is 31.0 Å². The standard InChI is InChI=1S/C14H18ClN/c1-14(2)8-12(7-13(15)9-14)6-11-4-3-5-16-10-11/h3-5,7,10,13H,6,8-9H2,1-2H3. The fraction of sp³-hybridized carbons (Fsp3) is 0.500. The first-order chi connectivity index (χ1) is 7.55. The summed E-state index contributed by atoms with van der Waals surface area (Å²) >= 11 is 6.27. The maximum atomic E-state index is 6.27. The van der Waals surface area contributed by atoms with Gasteiger partial charge in [-0.25, -0.2) is 0 Å². The number of hydrogen-bond donors (Lipinski definition) is 0. The van der Waals surface area contributed by atoms with Crippen molar-refractivity contribution < 1.29 is 0 Å². The summed E-state index contributed by atoms with van der Waals surface area (Å²) in [6.07, 6.45) is 9.18. The minimum atomic E-state index is 0.190. The summed E-state index contributed by atoms with van der Waals surface area (Å²) in [4.78, 5) is 4.15. The van der Waals surface area contributed by atoms with Gasteiger partial charge in [0.2, 0.25) is 0 Å². The molecule has 0 spiro atoms. The number of nitrogens with zero attached hydrogens (tertiary/aromatic N) is 1. The van der Waals surface area contributed by atoms with Crippen molar-refractivity contribution in [3.8, 4) is 0 Å². The van der Waals surface area contributed by atoms with Gasteiger partial charge in [0, 0.05) is 12.4 Å². The normalized spacial score (nSPS) is 23.9. The van der Waals surface area contributed by atoms with Gasteiger partial charge < -0.3 is 0 Å². The van der Waals surface area contributed by atoms with Crippen molar-refractivity contribution in [1.29, 1.82) is 0 Å². The number of halogens is 1. The van der Waals surface area contributed by atoms with E-state index in [4.69, 9.17) is 11.6 Å². The smallest absolute Gasteiger partial charge is 0.0523 e. The Morgan fingerprint density at radius 3 is 2.94 bits per heavy atom. The third kappa shape index (κ3) is 3.08. The first-order valence-electron chi connectivity index (χ1n) is 5.78. The molecule has 86 valence electrons. The topological polar surface area (TPSA) is 12.9 Å². The Morgan fingerprint density at radius 2 is 2.31 bits per heavy atom. The van der Waals surface area contributed by atoms with Crippen LogP contribution in [0.25, 0.3) is 0 Å². The number of alkyl halides is 1. The van der Waals surface area contributed by atoms with Gasteiger partial charge in [0.1, 0.15) is 0 Å². The predicted octanol–water partition coefficient (Wildman–Crippen LogP) is 3.98. The number of allylic oxidation sites excluding steroid dienone is 2. The van der Waals surface area contributed by atoms with Crippen LogP contribution in [0.1, 0.15) is 32.3 Å². The van der Waals surface area contributed by atoms with Gasteiger partial charge in [-0.15, -0.1) is 11.6 Å². The molecule has 1 atom stereocenters. The van der Waals surface area contributed by atoms with Crippen molar-refractivity contribution in [3.63, 3.8) is 0 Å². The van der Waals surface area contributed by atoms with Crippen LogP contribution < -0.4 is 0 Å². The van der Waals surface area contributed by atoms with Gasteiger partial charge in [0.05, 0.1) is 5.38 Å². The maximum absolute atomic E-state index is 6.27. The molecule has 1 aliphatic carbocycles. The Labute approximate surface area is 103 Å². The zero-order chi connectivity index (χ0) is 11.6. The van der Waals surface area contributed by atoms with E-state index >= 15 is 0 Å². The molecule has 0 bridgehead atoms. The highest BCUT2D eigenvalue weighted by Gasteiger charge is 2.27. The molecule has 0 aliphatic heterocycles. The molecule has 2 heteroatoms. The van der Waals surface area contributed by atoms with Crippen molar-refractivity contribution in [2.24, 2.45) is 5.41 Å². The molecule has 1 unspecified atom stereocenters. The number of aromatic nitrogens is 1. The largest absolute Gasteiger partial charge is 0.264 e. The average molecular weight is 236 g/mol. The summed E-state index contributed by atoms with van der Waals surface area (Å²) < 4.78 is 0. The van der Waals surface area contributed by atoms with Gasteiger partial charge in [-0.3, -0.25) is 4.98 Å². The van der Waals surface area contributed by atoms with Crippen LogP contribution in [-0.2, 0) is 6.42 Å². The van der Waals surface area contributed by atoms with Crippen LogP contribution in [0, 0.1) is 5.41 Å². The Hall–Kier alpha value is -0.820. The third-order valence-electron chi connectivity index (χ3n) is 3.02. The molecule has 0 radical (unpaired) electrons. The number of pyridine rings is 1. The highest BCUT2D eigenvalue weighted by molar-refractivity contribution is 6.21. The maximum Gasteiger partial charge on any atom is 0.0523 e. The molecule has 2 rings (SSSR count). The lowest BCUT2D eigenvalue weighted by molar-refractivity contribution is 0.320. The number of hydrogen-bond acceptors (Lipinski definition) is 1. The van der Waals surface area contributed by atoms with Crippen molar-refractivity contribution in [2.75, 3.05) is 0 Å². The van der Waals surface area contributed by atoms with Gasteiger partial charge in [-0.05, 0) is 36.3 Å². The Kier molecular flexibility index (Phi) is 3.34. The molecular formula is C14H18ClN. The van der Waals surface area contributed by atoms with Crippen molar-refractivity contribution in [1.82, 2.24) is 4.98 Å². The monoisotopic (exact) mass is 235 g/mol. The Balaban J connectivity index is 2.11. The summed E-state index contributed by atoms with van der Waals surface area (Å²) in [7, 11) is 0. The minimum absolute atomic E-state index is 0.190. The molecule has 0 saturated carbocycles. The quantitative estimate of drug-likeness (QED) is 0.558. The molecule has 1 heterocycles. The van der Waals surface area contributed by atoms with Crippen molar-refractivity contribution in [2.45, 2.75) is 38.5 Å². The number of rotatable bonds is 2. The van der Waals surface area contributed by atoms with E-state index in [0.29, 0.717) is 5.41 Å². The van der Waals surface area contributed by atoms with Gasteiger partial charge in [0.25, 0.3) is 0 Å². The lowest BCUT2D eigenvalue weighted by Crippen LogP contribution is -2.22. The lowest BCUT2D eigenvalue weighted by atomic mass is 9.76. The van der Waals surface area contributed by atoms with E-state index in [1.54, 1.807) is 0 Å². The van der Waals surface area contributed by atoms with Crippen LogP contribution in [0.3, 0.4) is 0 Å². The predicted molar refractivity (Wildman–Crippen MR) is 68.7 cm³/mol. The van der Waals surface area contributed by atoms with E-state index < -0.39 is 0 Å². The summed E-state index contributed by atoms with van der Waals surface area (Å²) in [5.41, 5.74) is 3.05. The molecule has 1 aromatic heterocycles. The molecule has 1 aromatic rings. The zero-order valence-corrected chi connectivity index (χ0v) is 10.7. The van der Waals surface area contributed by atoms with Crippen LogP contribution in [0.2, 0.25) is 0 Å². The molecule has 16 heavy (non-hydrogen) atoms. The van der Waals surface area contributed by atoms with Crippen LogP contribution in [0.15, 0.2) is 36.2 Å². The molecule has 0 aromatic carbocycles. The SMILES string of the molecule is CC1(C)CC(Cc2cccnc2)=CC(Cl)C1. The van der Waals surface area contributed by atoms with E-state index in [0.717, 1.165) is 19.3 Å². The molecule has 1 nitrogen and oxygen atoms in total. The van der Waals surface area contributed by atoms with Gasteiger partial charge in [0.15, 0.2) is 0 Å². The molecule has 0 saturated heterocycles. The van der Waals surface area contributed by atoms with Gasteiger partial charge >= 0.3 is 0 Å². The van der Waals surface area contributed by atoms with Gasteiger partial charge in [-0.1, -0.05) is 31.6 Å². The van der Waals surface area contributed by atoms with E-state index in [9.17, 15) is 0 Å². The fourth-order valence-corrected chi connectivity index (χ4v) is 3.07. The van der Waals surface area contributed by atoms with Crippen LogP contribution in [-0.4, -0.2) is 10.4 Å². The Bertz CT molecular complexity index is 381. The fourth-order valence-electron chi connectivity index (χ4n) is 2.47. The minimum Gasteiger partial charge on any atom is -0.264 e. The average Bonchev–Trinajstić information content (AvgIpc) is 2.15. The third-order valence-corrected chi connectivity index (χ3v) is 3.30. The van der Waals surface area contributed by atoms with Crippen LogP contribution in [0.4, 0.5) is 0 Å². The highest BCUT2D eigenvalue weighted by Crippen LogP contribution is 2.38. The first-order valence-corrected chi connectivity index (χ1v) is 6.21. The molecule has 1 aliphatic rings. The summed E-state index contributed by atoms with van der Waals surface area (Å²) in [6, 6.07) is 4.11. The summed E-state index contributed by atoms with van der Waals surface area (Å²) in [5, 5.41) is 0.190. The lowest BCUT2D eigenvalue weighted by Gasteiger charge is -2.32. The van der Waals surface area contributed by atoms with Crippen molar-refractivity contribution >= 4 is 11.6 Å². The second kappa shape index (κ2) is 4.58. The second-order valence-electron chi connectivity index (χ2n) is 5.42. The van der Waals surface area contributed by atoms with Crippen molar-refractivity contribution in [3.05, 3.63) is 41.7 Å². The van der Waals surface area contributed by atoms with Crippen LogP contribution in [0.5, 0.6) is 0 Å². The Morgan fingerprint density at radius 1 is 1.50 bits per heavy atom. The summed E-state index contributed by atoms with van der Waals surface area (Å²) in [6.45, 7) is 4.58. The van der Waals surface area contributed by atoms with E-state index in [1.807, 2.05) is 18.5 Å². The summed E-state index contributed by atoms with van der Waals surface area (Å²) in [5.74, 6) is 0. The molecule has 0 N–H and O–H groups in total. The van der Waals surface area contributed by atoms with E-state index in [1.165, 1.54) is 11.1 Å². The highest BCUT2D eigenvalue weighted by atomic mass is 35.5. The second-order valence-corrected chi connectivity index (χ2v) is 5.98.